The van der Waals surface area contributed by atoms with E-state index in [2.05, 4.69) is 0 Å². The van der Waals surface area contributed by atoms with Crippen LogP contribution in [0.3, 0.4) is 0 Å². The Kier molecular flexibility index (Phi) is 4.62. The summed E-state index contributed by atoms with van der Waals surface area (Å²) < 4.78 is 47.3. The largest absolute Gasteiger partial charge is 0.392 e. The van der Waals surface area contributed by atoms with E-state index in [1.54, 1.807) is 0 Å². The number of hydrogen-bond acceptors (Lipinski definition) is 1. The van der Waals surface area contributed by atoms with Crippen LogP contribution < -0.4 is 0 Å². The highest BCUT2D eigenvalue weighted by Crippen LogP contribution is 2.53. The van der Waals surface area contributed by atoms with Crippen LogP contribution in [0.25, 0.3) is 0 Å². The molecule has 1 rings (SSSR count). The fourth-order valence-corrected chi connectivity index (χ4v) is 3.67. The van der Waals surface area contributed by atoms with Crippen molar-refractivity contribution in [3.05, 3.63) is 11.9 Å². The molecular formula is C10H16F3O2P. The smallest absolute Gasteiger partial charge is 0.341 e. The molecule has 94 valence electrons. The number of rotatable bonds is 3. The Labute approximate surface area is 93.0 Å². The van der Waals surface area contributed by atoms with Crippen LogP contribution in [-0.2, 0) is 4.57 Å². The Morgan fingerprint density at radius 2 is 1.81 bits per heavy atom. The van der Waals surface area contributed by atoms with Gasteiger partial charge in [0.1, 0.15) is 0 Å². The third-order valence-corrected chi connectivity index (χ3v) is 4.97. The molecule has 2 nitrogen and oxygen atoms in total. The van der Waals surface area contributed by atoms with Crippen LogP contribution in [0.15, 0.2) is 11.9 Å². The Morgan fingerprint density at radius 1 is 1.25 bits per heavy atom. The Bertz CT molecular complexity index is 293. The van der Waals surface area contributed by atoms with E-state index in [1.807, 2.05) is 0 Å². The lowest BCUT2D eigenvalue weighted by atomic mass is 10.0. The molecule has 0 heterocycles. The monoisotopic (exact) mass is 256 g/mol. The van der Waals surface area contributed by atoms with E-state index in [0.29, 0.717) is 12.8 Å². The van der Waals surface area contributed by atoms with Crippen LogP contribution in [0.4, 0.5) is 13.2 Å². The van der Waals surface area contributed by atoms with Gasteiger partial charge < -0.3 is 4.89 Å². The highest BCUT2D eigenvalue weighted by molar-refractivity contribution is 7.62. The van der Waals surface area contributed by atoms with Crippen molar-refractivity contribution >= 4 is 7.37 Å². The van der Waals surface area contributed by atoms with Gasteiger partial charge in [-0.05, 0) is 18.7 Å². The van der Waals surface area contributed by atoms with Crippen LogP contribution in [0, 0.1) is 0 Å². The second-order valence-electron chi connectivity index (χ2n) is 4.17. The quantitative estimate of drug-likeness (QED) is 0.773. The van der Waals surface area contributed by atoms with Gasteiger partial charge in [0.15, 0.2) is 0 Å². The first-order valence-corrected chi connectivity index (χ1v) is 7.18. The molecule has 1 saturated carbocycles. The average molecular weight is 256 g/mol. The van der Waals surface area contributed by atoms with Crippen molar-refractivity contribution in [3.8, 4) is 0 Å². The predicted octanol–water partition coefficient (Wildman–Crippen LogP) is 4.06. The van der Waals surface area contributed by atoms with Crippen molar-refractivity contribution < 1.29 is 22.6 Å². The minimum atomic E-state index is -4.30. The maximum Gasteiger partial charge on any atom is 0.392 e. The highest BCUT2D eigenvalue weighted by atomic mass is 31.2. The number of allylic oxidation sites excluding steroid dienone is 1. The van der Waals surface area contributed by atoms with Gasteiger partial charge in [-0.2, -0.15) is 13.2 Å². The van der Waals surface area contributed by atoms with Gasteiger partial charge in [-0.15, -0.1) is 0 Å². The lowest BCUT2D eigenvalue weighted by Gasteiger charge is -2.24. The Balaban J connectivity index is 2.53. The summed E-state index contributed by atoms with van der Waals surface area (Å²) in [4.78, 5) is 9.64. The standard InChI is InChI=1S/C10H16F3O2P/c11-10(12,13)7-4-8-16(14,15)9-5-2-1-3-6-9/h4,8-9H,1-3,5-7H2,(H,14,15). The SMILES string of the molecule is O=P(O)(C=CCC(F)(F)F)C1CCCCC1. The number of halogens is 3. The number of hydrogen-bond donors (Lipinski definition) is 1. The summed E-state index contributed by atoms with van der Waals surface area (Å²) in [6.07, 6.45) is -0.551. The average Bonchev–Trinajstić information content (AvgIpc) is 2.17. The normalized spacial score (nSPS) is 23.5. The summed E-state index contributed by atoms with van der Waals surface area (Å²) >= 11 is 0. The van der Waals surface area contributed by atoms with Crippen LogP contribution >= 0.6 is 7.37 Å². The summed E-state index contributed by atoms with van der Waals surface area (Å²) in [6, 6.07) is 0. The molecule has 0 bridgehead atoms. The first-order valence-electron chi connectivity index (χ1n) is 5.38. The zero-order chi connectivity index (χ0) is 12.2. The fraction of sp³-hybridized carbons (Fsp3) is 0.800. The molecule has 1 fully saturated rings. The first-order chi connectivity index (χ1) is 7.31. The second kappa shape index (κ2) is 5.37. The maximum atomic E-state index is 11.9. The molecule has 16 heavy (non-hydrogen) atoms. The van der Waals surface area contributed by atoms with Gasteiger partial charge in [-0.25, -0.2) is 0 Å². The second-order valence-corrected chi connectivity index (χ2v) is 6.54. The van der Waals surface area contributed by atoms with Crippen LogP contribution in [0.5, 0.6) is 0 Å². The van der Waals surface area contributed by atoms with E-state index in [9.17, 15) is 22.6 Å². The molecule has 0 aromatic heterocycles. The van der Waals surface area contributed by atoms with Gasteiger partial charge in [-0.3, -0.25) is 4.57 Å². The topological polar surface area (TPSA) is 37.3 Å². The van der Waals surface area contributed by atoms with Gasteiger partial charge in [0.25, 0.3) is 0 Å². The molecule has 1 unspecified atom stereocenters. The van der Waals surface area contributed by atoms with Crippen LogP contribution in [0.2, 0.25) is 0 Å². The van der Waals surface area contributed by atoms with E-state index in [4.69, 9.17) is 0 Å². The van der Waals surface area contributed by atoms with Gasteiger partial charge in [0.05, 0.1) is 6.42 Å². The first kappa shape index (κ1) is 13.8. The Hall–Kier alpha value is -0.280. The van der Waals surface area contributed by atoms with E-state index in [1.165, 1.54) is 0 Å². The van der Waals surface area contributed by atoms with Gasteiger partial charge in [0.2, 0.25) is 7.37 Å². The van der Waals surface area contributed by atoms with E-state index < -0.39 is 20.0 Å². The molecule has 0 amide bonds. The predicted molar refractivity (Wildman–Crippen MR) is 56.5 cm³/mol. The van der Waals surface area contributed by atoms with Crippen molar-refractivity contribution in [2.45, 2.75) is 50.4 Å². The van der Waals surface area contributed by atoms with E-state index in [0.717, 1.165) is 31.2 Å². The molecule has 0 aromatic rings. The molecular weight excluding hydrogens is 240 g/mol. The summed E-state index contributed by atoms with van der Waals surface area (Å²) in [5.74, 6) is 0.872. The zero-order valence-corrected chi connectivity index (χ0v) is 9.81. The summed E-state index contributed by atoms with van der Waals surface area (Å²) in [7, 11) is -3.53. The molecule has 1 aliphatic carbocycles. The van der Waals surface area contributed by atoms with Crippen molar-refractivity contribution in [1.29, 1.82) is 0 Å². The van der Waals surface area contributed by atoms with Crippen molar-refractivity contribution in [2.75, 3.05) is 0 Å². The van der Waals surface area contributed by atoms with Gasteiger partial charge in [-0.1, -0.05) is 25.3 Å². The molecule has 1 N–H and O–H groups in total. The molecule has 0 aliphatic heterocycles. The molecule has 1 atom stereocenters. The lowest BCUT2D eigenvalue weighted by Crippen LogP contribution is -2.12. The lowest BCUT2D eigenvalue weighted by molar-refractivity contribution is -0.124. The van der Waals surface area contributed by atoms with E-state index >= 15 is 0 Å². The van der Waals surface area contributed by atoms with Crippen molar-refractivity contribution in [2.24, 2.45) is 0 Å². The molecule has 0 saturated heterocycles. The summed E-state index contributed by atoms with van der Waals surface area (Å²) in [6.45, 7) is 0. The number of alkyl halides is 3. The van der Waals surface area contributed by atoms with Gasteiger partial charge >= 0.3 is 6.18 Å². The molecule has 0 radical (unpaired) electrons. The third kappa shape index (κ3) is 4.71. The van der Waals surface area contributed by atoms with Crippen LogP contribution in [-0.4, -0.2) is 16.7 Å². The third-order valence-electron chi connectivity index (χ3n) is 2.77. The summed E-state index contributed by atoms with van der Waals surface area (Å²) in [5, 5.41) is 0. The zero-order valence-electron chi connectivity index (χ0n) is 8.91. The minimum absolute atomic E-state index is 0.342. The molecule has 1 aliphatic rings. The van der Waals surface area contributed by atoms with E-state index in [-0.39, 0.29) is 5.66 Å². The molecule has 6 heteroatoms. The maximum absolute atomic E-state index is 11.9. The molecule has 0 aromatic carbocycles. The summed E-state index contributed by atoms with van der Waals surface area (Å²) in [5.41, 5.74) is -0.342. The van der Waals surface area contributed by atoms with Crippen LogP contribution in [0.1, 0.15) is 38.5 Å². The molecule has 0 spiro atoms. The van der Waals surface area contributed by atoms with Gasteiger partial charge in [0, 0.05) is 5.66 Å². The minimum Gasteiger partial charge on any atom is -0.341 e. The Morgan fingerprint density at radius 3 is 2.31 bits per heavy atom. The fourth-order valence-electron chi connectivity index (χ4n) is 1.91. The van der Waals surface area contributed by atoms with Crippen molar-refractivity contribution in [3.63, 3.8) is 0 Å². The van der Waals surface area contributed by atoms with Crippen molar-refractivity contribution in [1.82, 2.24) is 0 Å². The highest BCUT2D eigenvalue weighted by Gasteiger charge is 2.30.